The zero-order valence-electron chi connectivity index (χ0n) is 9.29. The lowest BCUT2D eigenvalue weighted by molar-refractivity contribution is 1.09. The molecule has 0 N–H and O–H groups in total. The van der Waals surface area contributed by atoms with E-state index in [1.807, 2.05) is 0 Å². The van der Waals surface area contributed by atoms with E-state index in [1.54, 1.807) is 11.3 Å². The van der Waals surface area contributed by atoms with Crippen LogP contribution < -0.4 is 0 Å². The molecule has 1 aliphatic rings. The zero-order chi connectivity index (χ0) is 11.1. The van der Waals surface area contributed by atoms with Crippen LogP contribution >= 0.6 is 22.9 Å². The molecule has 3 rings (SSSR count). The van der Waals surface area contributed by atoms with Crippen molar-refractivity contribution in [1.29, 1.82) is 0 Å². The second-order valence-electron chi connectivity index (χ2n) is 4.40. The van der Waals surface area contributed by atoms with Crippen LogP contribution in [0.15, 0.2) is 12.1 Å². The first-order chi connectivity index (χ1) is 7.81. The van der Waals surface area contributed by atoms with E-state index in [2.05, 4.69) is 24.0 Å². The number of aryl methyl sites for hydroxylation is 1. The van der Waals surface area contributed by atoms with Crippen LogP contribution in [0.4, 0.5) is 0 Å². The maximum Gasteiger partial charge on any atom is 0.109 e. The van der Waals surface area contributed by atoms with Gasteiger partial charge in [-0.25, -0.2) is 4.98 Å². The first-order valence-corrected chi connectivity index (χ1v) is 7.15. The fraction of sp³-hybridized carbons (Fsp3) is 0.462. The van der Waals surface area contributed by atoms with Gasteiger partial charge in [0, 0.05) is 0 Å². The van der Waals surface area contributed by atoms with E-state index in [9.17, 15) is 0 Å². The quantitative estimate of drug-likeness (QED) is 0.734. The fourth-order valence-corrected chi connectivity index (χ4v) is 3.28. The standard InChI is InChI=1S/C13H14ClNS/c1-2-8-5-10(9-3-4-9)6-11-13(8)15-12(7-14)16-11/h5-6,9H,2-4,7H2,1H3. The minimum Gasteiger partial charge on any atom is -0.240 e. The van der Waals surface area contributed by atoms with Crippen molar-refractivity contribution in [2.24, 2.45) is 0 Å². The Hall–Kier alpha value is -0.600. The van der Waals surface area contributed by atoms with Gasteiger partial charge in [0.2, 0.25) is 0 Å². The Morgan fingerprint density at radius 3 is 2.88 bits per heavy atom. The first kappa shape index (κ1) is 10.5. The SMILES string of the molecule is CCc1cc(C2CC2)cc2sc(CCl)nc12. The van der Waals surface area contributed by atoms with E-state index >= 15 is 0 Å². The van der Waals surface area contributed by atoms with Crippen molar-refractivity contribution in [2.45, 2.75) is 38.0 Å². The molecule has 0 amide bonds. The molecule has 1 saturated carbocycles. The molecule has 1 aromatic heterocycles. The Bertz CT molecular complexity index is 528. The third kappa shape index (κ3) is 1.74. The normalized spacial score (nSPS) is 15.9. The van der Waals surface area contributed by atoms with Crippen molar-refractivity contribution in [2.75, 3.05) is 0 Å². The number of benzene rings is 1. The minimum absolute atomic E-state index is 0.529. The Morgan fingerprint density at radius 2 is 2.25 bits per heavy atom. The van der Waals surface area contributed by atoms with Gasteiger partial charge in [0.05, 0.1) is 16.1 Å². The van der Waals surface area contributed by atoms with Gasteiger partial charge in [-0.15, -0.1) is 22.9 Å². The van der Waals surface area contributed by atoms with Gasteiger partial charge in [0.1, 0.15) is 5.01 Å². The summed E-state index contributed by atoms with van der Waals surface area (Å²) in [4.78, 5) is 4.61. The van der Waals surface area contributed by atoms with Gasteiger partial charge in [0.25, 0.3) is 0 Å². The van der Waals surface area contributed by atoms with E-state index in [4.69, 9.17) is 11.6 Å². The molecule has 0 aliphatic heterocycles. The van der Waals surface area contributed by atoms with Crippen molar-refractivity contribution in [3.63, 3.8) is 0 Å². The summed E-state index contributed by atoms with van der Waals surface area (Å²) in [5.74, 6) is 1.35. The molecule has 0 atom stereocenters. The summed E-state index contributed by atoms with van der Waals surface area (Å²) in [6, 6.07) is 4.66. The molecule has 0 bridgehead atoms. The summed E-state index contributed by atoms with van der Waals surface area (Å²) in [5.41, 5.74) is 4.06. The van der Waals surface area contributed by atoms with Crippen LogP contribution in [-0.2, 0) is 12.3 Å². The second-order valence-corrected chi connectivity index (χ2v) is 5.78. The predicted octanol–water partition coefficient (Wildman–Crippen LogP) is 4.47. The summed E-state index contributed by atoms with van der Waals surface area (Å²) in [6.45, 7) is 2.20. The number of alkyl halides is 1. The van der Waals surface area contributed by atoms with Gasteiger partial charge in [-0.1, -0.05) is 13.0 Å². The zero-order valence-corrected chi connectivity index (χ0v) is 10.9. The fourth-order valence-electron chi connectivity index (χ4n) is 2.15. The highest BCUT2D eigenvalue weighted by Gasteiger charge is 2.24. The molecule has 0 radical (unpaired) electrons. The molecule has 1 aliphatic carbocycles. The van der Waals surface area contributed by atoms with E-state index in [-0.39, 0.29) is 0 Å². The summed E-state index contributed by atoms with van der Waals surface area (Å²) < 4.78 is 1.32. The van der Waals surface area contributed by atoms with Crippen LogP contribution in [0, 0.1) is 0 Å². The Labute approximate surface area is 104 Å². The van der Waals surface area contributed by atoms with E-state index in [0.717, 1.165) is 17.3 Å². The second kappa shape index (κ2) is 4.01. The van der Waals surface area contributed by atoms with Gasteiger partial charge in [-0.05, 0) is 42.4 Å². The van der Waals surface area contributed by atoms with Crippen LogP contribution in [0.2, 0.25) is 0 Å². The third-order valence-corrected chi connectivity index (χ3v) is 4.60. The number of fused-ring (bicyclic) bond motifs is 1. The van der Waals surface area contributed by atoms with Crippen LogP contribution in [-0.4, -0.2) is 4.98 Å². The first-order valence-electron chi connectivity index (χ1n) is 5.80. The molecule has 1 fully saturated rings. The van der Waals surface area contributed by atoms with Crippen molar-refractivity contribution in [3.8, 4) is 0 Å². The van der Waals surface area contributed by atoms with Gasteiger partial charge in [0.15, 0.2) is 0 Å². The summed E-state index contributed by atoms with van der Waals surface area (Å²) in [6.07, 6.45) is 3.77. The van der Waals surface area contributed by atoms with Gasteiger partial charge < -0.3 is 0 Å². The molecule has 2 aromatic rings. The minimum atomic E-state index is 0.529. The van der Waals surface area contributed by atoms with Crippen LogP contribution in [0.5, 0.6) is 0 Å². The van der Waals surface area contributed by atoms with E-state index < -0.39 is 0 Å². The largest absolute Gasteiger partial charge is 0.240 e. The number of hydrogen-bond donors (Lipinski definition) is 0. The molecule has 1 nitrogen and oxygen atoms in total. The number of thiazole rings is 1. The lowest BCUT2D eigenvalue weighted by Crippen LogP contribution is -1.87. The van der Waals surface area contributed by atoms with Crippen molar-refractivity contribution in [3.05, 3.63) is 28.3 Å². The van der Waals surface area contributed by atoms with Gasteiger partial charge >= 0.3 is 0 Å². The van der Waals surface area contributed by atoms with Crippen molar-refractivity contribution >= 4 is 33.2 Å². The van der Waals surface area contributed by atoms with Crippen molar-refractivity contribution in [1.82, 2.24) is 4.98 Å². The lowest BCUT2D eigenvalue weighted by atomic mass is 10.0. The third-order valence-electron chi connectivity index (χ3n) is 3.18. The van der Waals surface area contributed by atoms with E-state index in [1.165, 1.54) is 34.2 Å². The summed E-state index contributed by atoms with van der Waals surface area (Å²) in [5, 5.41) is 1.04. The summed E-state index contributed by atoms with van der Waals surface area (Å²) in [7, 11) is 0. The van der Waals surface area contributed by atoms with Crippen LogP contribution in [0.1, 0.15) is 41.8 Å². The molecule has 3 heteroatoms. The molecule has 0 spiro atoms. The topological polar surface area (TPSA) is 12.9 Å². The Morgan fingerprint density at radius 1 is 1.44 bits per heavy atom. The predicted molar refractivity (Wildman–Crippen MR) is 70.5 cm³/mol. The maximum absolute atomic E-state index is 5.86. The highest BCUT2D eigenvalue weighted by atomic mass is 35.5. The smallest absolute Gasteiger partial charge is 0.109 e. The molecule has 1 heterocycles. The molecular weight excluding hydrogens is 238 g/mol. The highest BCUT2D eigenvalue weighted by molar-refractivity contribution is 7.18. The molecular formula is C13H14ClNS. The molecule has 16 heavy (non-hydrogen) atoms. The molecule has 0 unspecified atom stereocenters. The van der Waals surface area contributed by atoms with Crippen LogP contribution in [0.3, 0.4) is 0 Å². The lowest BCUT2D eigenvalue weighted by Gasteiger charge is -2.03. The number of halogens is 1. The van der Waals surface area contributed by atoms with Crippen LogP contribution in [0.25, 0.3) is 10.2 Å². The number of hydrogen-bond acceptors (Lipinski definition) is 2. The average Bonchev–Trinajstić information content (AvgIpc) is 3.07. The number of rotatable bonds is 3. The van der Waals surface area contributed by atoms with Gasteiger partial charge in [-0.3, -0.25) is 0 Å². The average molecular weight is 252 g/mol. The number of aromatic nitrogens is 1. The molecule has 84 valence electrons. The maximum atomic E-state index is 5.86. The monoisotopic (exact) mass is 251 g/mol. The van der Waals surface area contributed by atoms with Gasteiger partial charge in [-0.2, -0.15) is 0 Å². The Kier molecular flexibility index (Phi) is 2.64. The Balaban J connectivity index is 2.19. The molecule has 0 saturated heterocycles. The highest BCUT2D eigenvalue weighted by Crippen LogP contribution is 2.42. The molecule has 1 aromatic carbocycles. The summed E-state index contributed by atoms with van der Waals surface area (Å²) >= 11 is 7.60. The number of nitrogens with zero attached hydrogens (tertiary/aromatic N) is 1. The van der Waals surface area contributed by atoms with Crippen molar-refractivity contribution < 1.29 is 0 Å². The van der Waals surface area contributed by atoms with E-state index in [0.29, 0.717) is 5.88 Å².